The molecule has 0 radical (unpaired) electrons. The lowest BCUT2D eigenvalue weighted by Gasteiger charge is -1.96. The second-order valence-electron chi connectivity index (χ2n) is 2.12. The Morgan fingerprint density at radius 3 is 3.08 bits per heavy atom. The lowest BCUT2D eigenvalue weighted by molar-refractivity contribution is 0.0954. The highest BCUT2D eigenvalue weighted by Crippen LogP contribution is 2.09. The molecule has 12 heavy (non-hydrogen) atoms. The largest absolute Gasteiger partial charge is 0.356 e. The third-order valence-corrected chi connectivity index (χ3v) is 1.70. The minimum Gasteiger partial charge on any atom is -0.356 e. The molecule has 1 amide bonds. The summed E-state index contributed by atoms with van der Waals surface area (Å²) in [5, 5.41) is 2.53. The summed E-state index contributed by atoms with van der Waals surface area (Å²) in [6.07, 6.45) is 6.66. The van der Waals surface area contributed by atoms with E-state index in [0.29, 0.717) is 5.69 Å². The summed E-state index contributed by atoms with van der Waals surface area (Å²) < 4.78 is 0.841. The highest BCUT2D eigenvalue weighted by Gasteiger charge is 2.05. The van der Waals surface area contributed by atoms with Crippen molar-refractivity contribution in [2.24, 2.45) is 0 Å². The maximum atomic E-state index is 11.2. The molecule has 3 nitrogen and oxygen atoms in total. The van der Waals surface area contributed by atoms with Crippen LogP contribution in [0.5, 0.6) is 0 Å². The number of rotatable bonds is 2. The van der Waals surface area contributed by atoms with Crippen molar-refractivity contribution in [3.63, 3.8) is 0 Å². The van der Waals surface area contributed by atoms with E-state index in [0.717, 1.165) is 4.47 Å². The van der Waals surface area contributed by atoms with Gasteiger partial charge in [-0.05, 0) is 22.0 Å². The number of hydrogen-bond donors (Lipinski definition) is 2. The number of H-pyrrole nitrogens is 1. The summed E-state index contributed by atoms with van der Waals surface area (Å²) in [6, 6.07) is 1.69. The zero-order valence-electron chi connectivity index (χ0n) is 6.23. The van der Waals surface area contributed by atoms with E-state index < -0.39 is 0 Å². The Bertz CT molecular complexity index is 324. The van der Waals surface area contributed by atoms with Gasteiger partial charge in [-0.25, -0.2) is 0 Å². The van der Waals surface area contributed by atoms with Crippen molar-refractivity contribution in [1.82, 2.24) is 10.3 Å². The van der Waals surface area contributed by atoms with E-state index in [2.05, 4.69) is 32.2 Å². The zero-order valence-corrected chi connectivity index (χ0v) is 7.81. The number of terminal acetylenes is 1. The fourth-order valence-corrected chi connectivity index (χ4v) is 1.07. The molecule has 0 saturated heterocycles. The van der Waals surface area contributed by atoms with Crippen molar-refractivity contribution < 1.29 is 4.79 Å². The van der Waals surface area contributed by atoms with Crippen molar-refractivity contribution in [3.05, 3.63) is 22.4 Å². The van der Waals surface area contributed by atoms with Crippen LogP contribution < -0.4 is 5.32 Å². The second-order valence-corrected chi connectivity index (χ2v) is 3.03. The monoisotopic (exact) mass is 226 g/mol. The van der Waals surface area contributed by atoms with Crippen LogP contribution in [0.1, 0.15) is 10.5 Å². The molecule has 2 N–H and O–H groups in total. The quantitative estimate of drug-likeness (QED) is 0.731. The van der Waals surface area contributed by atoms with Crippen LogP contribution in [0.2, 0.25) is 0 Å². The maximum absolute atomic E-state index is 11.2. The van der Waals surface area contributed by atoms with Gasteiger partial charge < -0.3 is 10.3 Å². The third kappa shape index (κ3) is 2.14. The lowest BCUT2D eigenvalue weighted by Crippen LogP contribution is -2.23. The summed E-state index contributed by atoms with van der Waals surface area (Å²) >= 11 is 3.22. The number of aromatic nitrogens is 1. The summed E-state index contributed by atoms with van der Waals surface area (Å²) in [5.74, 6) is 2.12. The van der Waals surface area contributed by atoms with E-state index in [1.165, 1.54) is 0 Å². The Kier molecular flexibility index (Phi) is 2.94. The summed E-state index contributed by atoms with van der Waals surface area (Å²) in [5.41, 5.74) is 0.497. The average Bonchev–Trinajstić information content (AvgIpc) is 2.47. The predicted molar refractivity (Wildman–Crippen MR) is 49.7 cm³/mol. The first-order valence-corrected chi connectivity index (χ1v) is 4.09. The Labute approximate surface area is 78.7 Å². The van der Waals surface area contributed by atoms with Gasteiger partial charge >= 0.3 is 0 Å². The number of carbonyl (C=O) groups excluding carboxylic acids is 1. The Morgan fingerprint density at radius 2 is 2.58 bits per heavy atom. The van der Waals surface area contributed by atoms with Crippen LogP contribution in [-0.4, -0.2) is 17.4 Å². The third-order valence-electron chi connectivity index (χ3n) is 1.24. The number of nitrogens with one attached hydrogen (secondary N) is 2. The predicted octanol–water partition coefficient (Wildman–Crippen LogP) is 1.14. The molecule has 0 unspecified atom stereocenters. The maximum Gasteiger partial charge on any atom is 0.268 e. The fourth-order valence-electron chi connectivity index (χ4n) is 0.726. The molecule has 4 heteroatoms. The number of hydrogen-bond acceptors (Lipinski definition) is 1. The van der Waals surface area contributed by atoms with Gasteiger partial charge in [-0.1, -0.05) is 5.92 Å². The minimum atomic E-state index is -0.196. The van der Waals surface area contributed by atoms with Gasteiger partial charge in [0.15, 0.2) is 0 Å². The van der Waals surface area contributed by atoms with Crippen molar-refractivity contribution in [3.8, 4) is 12.3 Å². The summed E-state index contributed by atoms with van der Waals surface area (Å²) in [4.78, 5) is 13.9. The Hall–Kier alpha value is -1.21. The molecule has 0 fully saturated rings. The molecule has 0 bridgehead atoms. The molecule has 0 aliphatic carbocycles. The fraction of sp³-hybridized carbons (Fsp3) is 0.125. The van der Waals surface area contributed by atoms with Crippen LogP contribution in [0.4, 0.5) is 0 Å². The lowest BCUT2D eigenvalue weighted by atomic mass is 10.4. The van der Waals surface area contributed by atoms with E-state index in [9.17, 15) is 4.79 Å². The summed E-state index contributed by atoms with van der Waals surface area (Å²) in [6.45, 7) is 0.246. The molecule has 0 saturated carbocycles. The SMILES string of the molecule is C#CCNC(=O)c1cc(Br)c[nH]1. The normalized spacial score (nSPS) is 9.00. The number of halogens is 1. The molecule has 62 valence electrons. The molecule has 0 spiro atoms. The molecule has 1 aromatic rings. The first kappa shape index (κ1) is 8.88. The van der Waals surface area contributed by atoms with Crippen LogP contribution in [0, 0.1) is 12.3 Å². The van der Waals surface area contributed by atoms with Gasteiger partial charge in [0, 0.05) is 10.7 Å². The van der Waals surface area contributed by atoms with E-state index in [4.69, 9.17) is 6.42 Å². The number of carbonyl (C=O) groups is 1. The van der Waals surface area contributed by atoms with Gasteiger partial charge in [0.2, 0.25) is 0 Å². The van der Waals surface area contributed by atoms with Gasteiger partial charge in [-0.3, -0.25) is 4.79 Å². The topological polar surface area (TPSA) is 44.9 Å². The van der Waals surface area contributed by atoms with Crippen LogP contribution in [0.15, 0.2) is 16.7 Å². The molecule has 1 rings (SSSR count). The van der Waals surface area contributed by atoms with Crippen molar-refractivity contribution in [2.75, 3.05) is 6.54 Å². The number of aromatic amines is 1. The molecular weight excluding hydrogens is 220 g/mol. The van der Waals surface area contributed by atoms with Crippen LogP contribution in [-0.2, 0) is 0 Å². The van der Waals surface area contributed by atoms with E-state index in [-0.39, 0.29) is 12.5 Å². The Morgan fingerprint density at radius 1 is 1.83 bits per heavy atom. The van der Waals surface area contributed by atoms with Crippen molar-refractivity contribution in [2.45, 2.75) is 0 Å². The van der Waals surface area contributed by atoms with Crippen molar-refractivity contribution >= 4 is 21.8 Å². The highest BCUT2D eigenvalue weighted by molar-refractivity contribution is 9.10. The standard InChI is InChI=1S/C8H7BrN2O/c1-2-3-10-8(12)7-4-6(9)5-11-7/h1,4-5,11H,3H2,(H,10,12). The molecule has 1 aromatic heterocycles. The Balaban J connectivity index is 2.61. The second kappa shape index (κ2) is 3.98. The molecule has 0 aliphatic heterocycles. The van der Waals surface area contributed by atoms with E-state index in [1.54, 1.807) is 12.3 Å². The molecule has 0 aromatic carbocycles. The summed E-state index contributed by atoms with van der Waals surface area (Å²) in [7, 11) is 0. The van der Waals surface area contributed by atoms with Crippen molar-refractivity contribution in [1.29, 1.82) is 0 Å². The number of amides is 1. The average molecular weight is 227 g/mol. The van der Waals surface area contributed by atoms with Gasteiger partial charge in [0.05, 0.1) is 6.54 Å². The van der Waals surface area contributed by atoms with Gasteiger partial charge in [-0.2, -0.15) is 0 Å². The van der Waals surface area contributed by atoms with E-state index >= 15 is 0 Å². The first-order valence-electron chi connectivity index (χ1n) is 3.29. The molecular formula is C8H7BrN2O. The first-order chi connectivity index (χ1) is 5.74. The smallest absolute Gasteiger partial charge is 0.268 e. The van der Waals surface area contributed by atoms with Gasteiger partial charge in [-0.15, -0.1) is 6.42 Å². The van der Waals surface area contributed by atoms with Crippen LogP contribution >= 0.6 is 15.9 Å². The van der Waals surface area contributed by atoms with Crippen LogP contribution in [0.25, 0.3) is 0 Å². The van der Waals surface area contributed by atoms with Gasteiger partial charge in [0.25, 0.3) is 5.91 Å². The highest BCUT2D eigenvalue weighted by atomic mass is 79.9. The molecule has 0 aliphatic rings. The zero-order chi connectivity index (χ0) is 8.97. The minimum absolute atomic E-state index is 0.196. The molecule has 0 atom stereocenters. The molecule has 1 heterocycles. The van der Waals surface area contributed by atoms with Gasteiger partial charge in [0.1, 0.15) is 5.69 Å². The van der Waals surface area contributed by atoms with E-state index in [1.807, 2.05) is 0 Å². The van der Waals surface area contributed by atoms with Crippen LogP contribution in [0.3, 0.4) is 0 Å².